The lowest BCUT2D eigenvalue weighted by atomic mass is 10.0. The van der Waals surface area contributed by atoms with Gasteiger partial charge in [-0.05, 0) is 57.0 Å². The van der Waals surface area contributed by atoms with E-state index in [1.807, 2.05) is 20.8 Å². The summed E-state index contributed by atoms with van der Waals surface area (Å²) in [5.41, 5.74) is 1.24. The van der Waals surface area contributed by atoms with E-state index in [4.69, 9.17) is 0 Å². The summed E-state index contributed by atoms with van der Waals surface area (Å²) < 4.78 is 27.0. The second-order valence-corrected chi connectivity index (χ2v) is 8.71. The molecular formula is C19H33ClN4O3S. The zero-order chi connectivity index (χ0) is 19.9. The van der Waals surface area contributed by atoms with E-state index in [-0.39, 0.29) is 23.2 Å². The molecule has 1 heterocycles. The van der Waals surface area contributed by atoms with Gasteiger partial charge < -0.3 is 16.0 Å². The summed E-state index contributed by atoms with van der Waals surface area (Å²) in [7, 11) is -3.57. The summed E-state index contributed by atoms with van der Waals surface area (Å²) in [6.07, 6.45) is 2.38. The number of carbonyl (C=O) groups is 1. The van der Waals surface area contributed by atoms with Crippen molar-refractivity contribution in [3.8, 4) is 0 Å². The fourth-order valence-electron chi connectivity index (χ4n) is 3.35. The Morgan fingerprint density at radius 1 is 1.21 bits per heavy atom. The molecule has 1 aliphatic heterocycles. The Labute approximate surface area is 175 Å². The van der Waals surface area contributed by atoms with Crippen LogP contribution in [0.1, 0.15) is 40.0 Å². The Bertz CT molecular complexity index is 733. The third kappa shape index (κ3) is 6.34. The highest BCUT2D eigenvalue weighted by molar-refractivity contribution is 7.89. The number of nitrogens with zero attached hydrogens (tertiary/aromatic N) is 1. The molecule has 9 heteroatoms. The van der Waals surface area contributed by atoms with E-state index in [0.717, 1.165) is 31.6 Å². The van der Waals surface area contributed by atoms with Gasteiger partial charge in [-0.1, -0.05) is 13.8 Å². The van der Waals surface area contributed by atoms with Gasteiger partial charge in [-0.2, -0.15) is 4.31 Å². The van der Waals surface area contributed by atoms with Gasteiger partial charge in [-0.25, -0.2) is 8.42 Å². The van der Waals surface area contributed by atoms with Crippen molar-refractivity contribution in [2.45, 2.75) is 44.9 Å². The smallest absolute Gasteiger partial charge is 0.243 e. The maximum absolute atomic E-state index is 12.8. The van der Waals surface area contributed by atoms with E-state index >= 15 is 0 Å². The zero-order valence-electron chi connectivity index (χ0n) is 17.0. The number of carbonyl (C=O) groups excluding carboxylic acids is 1. The van der Waals surface area contributed by atoms with Crippen LogP contribution in [0.3, 0.4) is 0 Å². The Balaban J connectivity index is 0.00000392. The summed E-state index contributed by atoms with van der Waals surface area (Å²) in [4.78, 5) is 12.6. The number of halogens is 1. The second kappa shape index (κ2) is 11.6. The van der Waals surface area contributed by atoms with E-state index < -0.39 is 10.0 Å². The van der Waals surface area contributed by atoms with Crippen molar-refractivity contribution in [1.82, 2.24) is 9.62 Å². The summed E-state index contributed by atoms with van der Waals surface area (Å²) in [6, 6.07) is 4.86. The van der Waals surface area contributed by atoms with Crippen LogP contribution < -0.4 is 16.0 Å². The quantitative estimate of drug-likeness (QED) is 0.528. The van der Waals surface area contributed by atoms with Crippen LogP contribution in [-0.4, -0.2) is 51.4 Å². The minimum Gasteiger partial charge on any atom is -0.384 e. The van der Waals surface area contributed by atoms with Gasteiger partial charge in [-0.15, -0.1) is 12.4 Å². The lowest BCUT2D eigenvalue weighted by molar-refractivity contribution is -0.116. The maximum atomic E-state index is 12.8. The Morgan fingerprint density at radius 3 is 2.50 bits per heavy atom. The van der Waals surface area contributed by atoms with Crippen molar-refractivity contribution in [3.63, 3.8) is 0 Å². The molecule has 1 aliphatic rings. The number of amides is 1. The average Bonchev–Trinajstić information content (AvgIpc) is 3.16. The van der Waals surface area contributed by atoms with Crippen LogP contribution >= 0.6 is 12.4 Å². The first-order valence-electron chi connectivity index (χ1n) is 9.80. The molecule has 1 saturated heterocycles. The van der Waals surface area contributed by atoms with Crippen LogP contribution in [0.15, 0.2) is 23.1 Å². The molecule has 1 aromatic carbocycles. The first-order chi connectivity index (χ1) is 12.9. The van der Waals surface area contributed by atoms with E-state index in [0.29, 0.717) is 37.7 Å². The molecule has 1 fully saturated rings. The zero-order valence-corrected chi connectivity index (χ0v) is 18.6. The third-order valence-electron chi connectivity index (χ3n) is 4.92. The highest BCUT2D eigenvalue weighted by Crippen LogP contribution is 2.28. The van der Waals surface area contributed by atoms with E-state index in [1.165, 1.54) is 4.31 Å². The van der Waals surface area contributed by atoms with Crippen LogP contribution in [0.25, 0.3) is 0 Å². The standard InChI is InChI=1S/C19H32N4O3S.ClH/c1-4-21-17-9-8-16(27(25,26)23(5-2)6-3)13-18(17)22-19(24)10-7-15-11-12-20-14-15;/h8-9,13,15,20-21H,4-7,10-12,14H2,1-3H3,(H,22,24);1H. The largest absolute Gasteiger partial charge is 0.384 e. The van der Waals surface area contributed by atoms with Crippen molar-refractivity contribution in [3.05, 3.63) is 18.2 Å². The number of nitrogens with one attached hydrogen (secondary N) is 3. The van der Waals surface area contributed by atoms with E-state index in [2.05, 4.69) is 16.0 Å². The Morgan fingerprint density at radius 2 is 1.93 bits per heavy atom. The topological polar surface area (TPSA) is 90.5 Å². The highest BCUT2D eigenvalue weighted by atomic mass is 35.5. The average molecular weight is 433 g/mol. The molecule has 1 atom stereocenters. The first kappa shape index (κ1) is 24.7. The molecule has 0 aromatic heterocycles. The van der Waals surface area contributed by atoms with Gasteiger partial charge in [0.2, 0.25) is 15.9 Å². The minimum absolute atomic E-state index is 0. The minimum atomic E-state index is -3.57. The van der Waals surface area contributed by atoms with Gasteiger partial charge in [0.05, 0.1) is 16.3 Å². The highest BCUT2D eigenvalue weighted by Gasteiger charge is 2.23. The molecule has 0 spiro atoms. The predicted molar refractivity (Wildman–Crippen MR) is 117 cm³/mol. The molecule has 0 saturated carbocycles. The van der Waals surface area contributed by atoms with Gasteiger partial charge in [0, 0.05) is 26.1 Å². The monoisotopic (exact) mass is 432 g/mol. The fourth-order valence-corrected chi connectivity index (χ4v) is 4.84. The van der Waals surface area contributed by atoms with Gasteiger partial charge in [0.15, 0.2) is 0 Å². The van der Waals surface area contributed by atoms with Crippen molar-refractivity contribution < 1.29 is 13.2 Å². The molecule has 0 radical (unpaired) electrons. The summed E-state index contributed by atoms with van der Waals surface area (Å²) in [6.45, 7) is 9.06. The lowest BCUT2D eigenvalue weighted by Gasteiger charge is -2.20. The van der Waals surface area contributed by atoms with Gasteiger partial charge in [0.1, 0.15) is 0 Å². The molecule has 160 valence electrons. The molecular weight excluding hydrogens is 400 g/mol. The number of anilines is 2. The predicted octanol–water partition coefficient (Wildman–Crippen LogP) is 2.90. The van der Waals surface area contributed by atoms with Crippen molar-refractivity contribution in [2.24, 2.45) is 5.92 Å². The van der Waals surface area contributed by atoms with Crippen molar-refractivity contribution >= 4 is 39.7 Å². The Kier molecular flexibility index (Phi) is 10.2. The SMILES string of the molecule is CCNc1ccc(S(=O)(=O)N(CC)CC)cc1NC(=O)CCC1CCNC1.Cl. The Hall–Kier alpha value is -1.35. The third-order valence-corrected chi connectivity index (χ3v) is 6.96. The molecule has 1 unspecified atom stereocenters. The maximum Gasteiger partial charge on any atom is 0.243 e. The molecule has 28 heavy (non-hydrogen) atoms. The van der Waals surface area contributed by atoms with Crippen LogP contribution in [0.5, 0.6) is 0 Å². The molecule has 2 rings (SSSR count). The summed E-state index contributed by atoms with van der Waals surface area (Å²) in [5.74, 6) is 0.455. The number of sulfonamides is 1. The van der Waals surface area contributed by atoms with E-state index in [1.54, 1.807) is 18.2 Å². The van der Waals surface area contributed by atoms with E-state index in [9.17, 15) is 13.2 Å². The van der Waals surface area contributed by atoms with Crippen LogP contribution in [0, 0.1) is 5.92 Å². The number of benzene rings is 1. The first-order valence-corrected chi connectivity index (χ1v) is 11.2. The number of hydrogen-bond donors (Lipinski definition) is 3. The molecule has 0 aliphatic carbocycles. The van der Waals surface area contributed by atoms with Gasteiger partial charge in [-0.3, -0.25) is 4.79 Å². The molecule has 1 aromatic rings. The molecule has 3 N–H and O–H groups in total. The van der Waals surface area contributed by atoms with Crippen LogP contribution in [-0.2, 0) is 14.8 Å². The van der Waals surface area contributed by atoms with Crippen LogP contribution in [0.2, 0.25) is 0 Å². The molecule has 7 nitrogen and oxygen atoms in total. The van der Waals surface area contributed by atoms with Gasteiger partial charge in [0.25, 0.3) is 0 Å². The fraction of sp³-hybridized carbons (Fsp3) is 0.632. The summed E-state index contributed by atoms with van der Waals surface area (Å²) >= 11 is 0. The van der Waals surface area contributed by atoms with Crippen molar-refractivity contribution in [1.29, 1.82) is 0 Å². The second-order valence-electron chi connectivity index (χ2n) is 6.77. The number of hydrogen-bond acceptors (Lipinski definition) is 5. The normalized spacial score (nSPS) is 16.6. The van der Waals surface area contributed by atoms with Crippen LogP contribution in [0.4, 0.5) is 11.4 Å². The lowest BCUT2D eigenvalue weighted by Crippen LogP contribution is -2.30. The van der Waals surface area contributed by atoms with Crippen molar-refractivity contribution in [2.75, 3.05) is 43.4 Å². The molecule has 1 amide bonds. The van der Waals surface area contributed by atoms with Gasteiger partial charge >= 0.3 is 0 Å². The molecule has 0 bridgehead atoms. The number of rotatable bonds is 10. The summed E-state index contributed by atoms with van der Waals surface area (Å²) in [5, 5.41) is 9.39.